The van der Waals surface area contributed by atoms with Gasteiger partial charge in [-0.15, -0.1) is 0 Å². The Morgan fingerprint density at radius 1 is 1.22 bits per heavy atom. The summed E-state index contributed by atoms with van der Waals surface area (Å²) in [5, 5.41) is 13.7. The number of hydrogen-bond acceptors (Lipinski definition) is 4. The number of aryl methyl sites for hydroxylation is 2. The molecule has 0 spiro atoms. The largest absolute Gasteiger partial charge is 0.338 e. The number of benzene rings is 2. The second-order valence-corrected chi connectivity index (χ2v) is 6.91. The van der Waals surface area contributed by atoms with Gasteiger partial charge < -0.3 is 10.2 Å². The molecule has 0 saturated carbocycles. The second-order valence-electron chi connectivity index (χ2n) is 6.91. The Balaban J connectivity index is 1.66. The van der Waals surface area contributed by atoms with Crippen molar-refractivity contribution in [1.29, 1.82) is 0 Å². The van der Waals surface area contributed by atoms with Gasteiger partial charge in [0.1, 0.15) is 0 Å². The molecular weight excluding hydrogens is 346 g/mol. The summed E-state index contributed by atoms with van der Waals surface area (Å²) in [5.74, 6) is -0.827. The van der Waals surface area contributed by atoms with Gasteiger partial charge in [-0.3, -0.25) is 19.7 Å². The van der Waals surface area contributed by atoms with Crippen LogP contribution in [0.4, 0.5) is 11.4 Å². The van der Waals surface area contributed by atoms with E-state index >= 15 is 0 Å². The van der Waals surface area contributed by atoms with Crippen molar-refractivity contribution in [2.45, 2.75) is 26.8 Å². The zero-order valence-corrected chi connectivity index (χ0v) is 15.3. The lowest BCUT2D eigenvalue weighted by Crippen LogP contribution is -2.28. The Labute approximate surface area is 157 Å². The number of amides is 2. The maximum atomic E-state index is 12.6. The number of nitro benzene ring substituents is 1. The number of nitro groups is 1. The van der Waals surface area contributed by atoms with Crippen LogP contribution in [-0.2, 0) is 16.1 Å². The molecule has 0 bridgehead atoms. The molecule has 1 aliphatic rings. The zero-order valence-electron chi connectivity index (χ0n) is 15.3. The van der Waals surface area contributed by atoms with Crippen molar-refractivity contribution in [3.8, 4) is 0 Å². The van der Waals surface area contributed by atoms with Crippen molar-refractivity contribution in [3.63, 3.8) is 0 Å². The van der Waals surface area contributed by atoms with Crippen LogP contribution in [0.25, 0.3) is 0 Å². The first-order valence-electron chi connectivity index (χ1n) is 8.72. The molecule has 1 atom stereocenters. The second kappa shape index (κ2) is 7.57. The lowest BCUT2D eigenvalue weighted by molar-refractivity contribution is -0.384. The molecule has 1 N–H and O–H groups in total. The minimum absolute atomic E-state index is 0.0634. The van der Waals surface area contributed by atoms with Gasteiger partial charge in [-0.1, -0.05) is 35.9 Å². The molecule has 27 heavy (non-hydrogen) atoms. The van der Waals surface area contributed by atoms with E-state index < -0.39 is 10.8 Å². The highest BCUT2D eigenvalue weighted by Gasteiger charge is 2.34. The van der Waals surface area contributed by atoms with Crippen LogP contribution in [0.2, 0.25) is 0 Å². The first-order chi connectivity index (χ1) is 12.8. The fraction of sp³-hybridized carbons (Fsp3) is 0.300. The Kier molecular flexibility index (Phi) is 5.21. The van der Waals surface area contributed by atoms with Crippen molar-refractivity contribution in [2.24, 2.45) is 5.92 Å². The molecule has 1 aliphatic heterocycles. The van der Waals surface area contributed by atoms with Crippen molar-refractivity contribution in [1.82, 2.24) is 4.90 Å². The monoisotopic (exact) mass is 367 g/mol. The number of nitrogens with zero attached hydrogens (tertiary/aromatic N) is 2. The Hall–Kier alpha value is -3.22. The number of nitrogens with one attached hydrogen (secondary N) is 1. The first-order valence-corrected chi connectivity index (χ1v) is 8.72. The van der Waals surface area contributed by atoms with E-state index in [-0.39, 0.29) is 23.9 Å². The summed E-state index contributed by atoms with van der Waals surface area (Å²) in [6.45, 7) is 4.58. The molecule has 0 aliphatic carbocycles. The maximum Gasteiger partial charge on any atom is 0.271 e. The molecule has 1 heterocycles. The quantitative estimate of drug-likeness (QED) is 0.649. The molecule has 1 fully saturated rings. The number of rotatable bonds is 5. The third kappa shape index (κ3) is 4.31. The number of likely N-dealkylation sites (tertiary alicyclic amines) is 1. The fourth-order valence-electron chi connectivity index (χ4n) is 3.11. The average molecular weight is 367 g/mol. The predicted molar refractivity (Wildman–Crippen MR) is 101 cm³/mol. The number of non-ortho nitro benzene ring substituents is 1. The van der Waals surface area contributed by atoms with Crippen LogP contribution in [0.3, 0.4) is 0 Å². The number of carbonyl (C=O) groups is 2. The Morgan fingerprint density at radius 3 is 2.59 bits per heavy atom. The molecule has 3 rings (SSSR count). The Bertz CT molecular complexity index is 893. The van der Waals surface area contributed by atoms with Crippen molar-refractivity contribution in [2.75, 3.05) is 11.9 Å². The standard InChI is InChI=1S/C20H21N3O4/c1-13-3-6-15(7-4-13)11-22-12-16(9-19(22)24)20(25)21-18-10-17(23(26)27)8-5-14(18)2/h3-8,10,16H,9,11-12H2,1-2H3,(H,21,25)/t16-/m1/s1. The van der Waals surface area contributed by atoms with Crippen LogP contribution in [0.1, 0.15) is 23.1 Å². The van der Waals surface area contributed by atoms with Crippen LogP contribution < -0.4 is 5.32 Å². The molecular formula is C20H21N3O4. The third-order valence-electron chi connectivity index (χ3n) is 4.77. The summed E-state index contributed by atoms with van der Waals surface area (Å²) in [4.78, 5) is 37.0. The highest BCUT2D eigenvalue weighted by molar-refractivity contribution is 5.97. The number of hydrogen-bond donors (Lipinski definition) is 1. The third-order valence-corrected chi connectivity index (χ3v) is 4.77. The molecule has 140 valence electrons. The molecule has 2 amide bonds. The van der Waals surface area contributed by atoms with Gasteiger partial charge in [0, 0.05) is 31.6 Å². The summed E-state index contributed by atoms with van der Waals surface area (Å²) >= 11 is 0. The zero-order chi connectivity index (χ0) is 19.6. The van der Waals surface area contributed by atoms with Gasteiger partial charge in [0.2, 0.25) is 11.8 Å². The lowest BCUT2D eigenvalue weighted by Gasteiger charge is -2.17. The lowest BCUT2D eigenvalue weighted by atomic mass is 10.1. The molecule has 2 aromatic rings. The SMILES string of the molecule is Cc1ccc(CN2C[C@H](C(=O)Nc3cc([N+](=O)[O-])ccc3C)CC2=O)cc1. The van der Waals surface area contributed by atoms with E-state index in [0.29, 0.717) is 18.8 Å². The number of carbonyl (C=O) groups excluding carboxylic acids is 2. The molecule has 0 radical (unpaired) electrons. The summed E-state index contributed by atoms with van der Waals surface area (Å²) in [6, 6.07) is 12.3. The van der Waals surface area contributed by atoms with Crippen molar-refractivity contribution in [3.05, 3.63) is 69.3 Å². The van der Waals surface area contributed by atoms with Gasteiger partial charge in [-0.05, 0) is 25.0 Å². The van der Waals surface area contributed by atoms with E-state index in [9.17, 15) is 19.7 Å². The van der Waals surface area contributed by atoms with Gasteiger partial charge in [0.25, 0.3) is 5.69 Å². The first kappa shape index (κ1) is 18.6. The van der Waals surface area contributed by atoms with Gasteiger partial charge in [0.15, 0.2) is 0 Å². The van der Waals surface area contributed by atoms with Crippen LogP contribution in [0.5, 0.6) is 0 Å². The topological polar surface area (TPSA) is 92.6 Å². The van der Waals surface area contributed by atoms with E-state index in [1.807, 2.05) is 31.2 Å². The van der Waals surface area contributed by atoms with Crippen LogP contribution in [-0.4, -0.2) is 28.2 Å². The van der Waals surface area contributed by atoms with Crippen LogP contribution in [0.15, 0.2) is 42.5 Å². The summed E-state index contributed by atoms with van der Waals surface area (Å²) in [7, 11) is 0. The van der Waals surface area contributed by atoms with Gasteiger partial charge in [-0.25, -0.2) is 0 Å². The molecule has 2 aromatic carbocycles. The van der Waals surface area contributed by atoms with E-state index in [0.717, 1.165) is 16.7 Å². The minimum atomic E-state index is -0.502. The van der Waals surface area contributed by atoms with E-state index in [2.05, 4.69) is 5.32 Å². The smallest absolute Gasteiger partial charge is 0.271 e. The molecule has 7 heteroatoms. The van der Waals surface area contributed by atoms with Crippen molar-refractivity contribution >= 4 is 23.2 Å². The van der Waals surface area contributed by atoms with E-state index in [1.165, 1.54) is 12.1 Å². The molecule has 0 aromatic heterocycles. The molecule has 1 saturated heterocycles. The fourth-order valence-corrected chi connectivity index (χ4v) is 3.11. The van der Waals surface area contributed by atoms with Gasteiger partial charge in [-0.2, -0.15) is 0 Å². The Morgan fingerprint density at radius 2 is 1.93 bits per heavy atom. The molecule has 7 nitrogen and oxygen atoms in total. The predicted octanol–water partition coefficient (Wildman–Crippen LogP) is 3.20. The van der Waals surface area contributed by atoms with E-state index in [4.69, 9.17) is 0 Å². The summed E-state index contributed by atoms with van der Waals surface area (Å²) in [6.07, 6.45) is 0.145. The molecule has 0 unspecified atom stereocenters. The highest BCUT2D eigenvalue weighted by Crippen LogP contribution is 2.25. The van der Waals surface area contributed by atoms with Crippen molar-refractivity contribution < 1.29 is 14.5 Å². The highest BCUT2D eigenvalue weighted by atomic mass is 16.6. The van der Waals surface area contributed by atoms with Gasteiger partial charge >= 0.3 is 0 Å². The summed E-state index contributed by atoms with van der Waals surface area (Å²) in [5.41, 5.74) is 3.22. The normalized spacial score (nSPS) is 16.4. The maximum absolute atomic E-state index is 12.6. The number of anilines is 1. The minimum Gasteiger partial charge on any atom is -0.338 e. The van der Waals surface area contributed by atoms with Gasteiger partial charge in [0.05, 0.1) is 16.5 Å². The summed E-state index contributed by atoms with van der Waals surface area (Å²) < 4.78 is 0. The average Bonchev–Trinajstić information content (AvgIpc) is 2.99. The van der Waals surface area contributed by atoms with E-state index in [1.54, 1.807) is 17.9 Å². The van der Waals surface area contributed by atoms with Crippen LogP contribution in [0, 0.1) is 29.9 Å². The van der Waals surface area contributed by atoms with Crippen LogP contribution >= 0.6 is 0 Å².